The normalized spacial score (nSPS) is 12.0. The summed E-state index contributed by atoms with van der Waals surface area (Å²) in [5.41, 5.74) is 5.78. The number of hydrogen-bond acceptors (Lipinski definition) is 5. The third-order valence-corrected chi connectivity index (χ3v) is 6.17. The van der Waals surface area contributed by atoms with Crippen LogP contribution in [0.4, 0.5) is 0 Å². The van der Waals surface area contributed by atoms with E-state index in [1.165, 1.54) is 35.3 Å². The Morgan fingerprint density at radius 1 is 1.06 bits per heavy atom. The summed E-state index contributed by atoms with van der Waals surface area (Å²) in [4.78, 5) is 26.4. The van der Waals surface area contributed by atoms with E-state index in [4.69, 9.17) is 19.6 Å². The molecule has 31 heavy (non-hydrogen) atoms. The van der Waals surface area contributed by atoms with Gasteiger partial charge in [0.05, 0.1) is 12.3 Å². The van der Waals surface area contributed by atoms with E-state index in [9.17, 15) is 4.79 Å². The zero-order chi connectivity index (χ0) is 22.4. The molecular formula is C25H27NO4S. The Morgan fingerprint density at radius 3 is 2.42 bits per heavy atom. The van der Waals surface area contributed by atoms with Crippen molar-refractivity contribution in [2.24, 2.45) is 0 Å². The number of thiazole rings is 1. The number of rotatable bonds is 6. The second-order valence-corrected chi connectivity index (χ2v) is 8.76. The molecule has 0 aliphatic heterocycles. The van der Waals surface area contributed by atoms with Gasteiger partial charge < -0.3 is 9.84 Å². The number of fused-ring (bicyclic) bond motifs is 1. The van der Waals surface area contributed by atoms with Gasteiger partial charge >= 0.3 is 0 Å². The number of Topliss-reactive ketones (excluding diaryl/α,β-unsaturated/α-hetero) is 1. The number of carbonyl (C=O) groups excluding carboxylic acids is 1. The minimum absolute atomic E-state index is 0.0845. The smallest absolute Gasteiger partial charge is 0.300 e. The third kappa shape index (κ3) is 6.25. The fraction of sp³-hybridized carbons (Fsp3) is 0.320. The van der Waals surface area contributed by atoms with Gasteiger partial charge in [0.15, 0.2) is 5.78 Å². The molecule has 1 aliphatic carbocycles. The predicted octanol–water partition coefficient (Wildman–Crippen LogP) is 5.52. The molecule has 0 amide bonds. The fourth-order valence-electron chi connectivity index (χ4n) is 3.53. The molecule has 0 radical (unpaired) electrons. The molecular weight excluding hydrogens is 410 g/mol. The Kier molecular flexibility index (Phi) is 7.58. The molecule has 162 valence electrons. The van der Waals surface area contributed by atoms with Crippen LogP contribution in [0.3, 0.4) is 0 Å². The van der Waals surface area contributed by atoms with E-state index >= 15 is 0 Å². The molecule has 1 heterocycles. The lowest BCUT2D eigenvalue weighted by Crippen LogP contribution is -2.03. The summed E-state index contributed by atoms with van der Waals surface area (Å²) in [5, 5.41) is 8.41. The highest BCUT2D eigenvalue weighted by atomic mass is 32.1. The summed E-state index contributed by atoms with van der Waals surface area (Å²) in [6.45, 7) is 5.41. The SMILES string of the molecule is CC(=O)O.CC(=O)c1ccc(-c2nc(CCOc3ccc4c(c3)CCC4)c(C)s2)cc1. The average molecular weight is 438 g/mol. The molecule has 0 unspecified atom stereocenters. The molecule has 1 aliphatic rings. The van der Waals surface area contributed by atoms with E-state index in [-0.39, 0.29) is 5.78 Å². The number of carboxylic acid groups (broad SMARTS) is 1. The van der Waals surface area contributed by atoms with Gasteiger partial charge in [-0.1, -0.05) is 30.3 Å². The van der Waals surface area contributed by atoms with Crippen LogP contribution in [-0.2, 0) is 24.1 Å². The van der Waals surface area contributed by atoms with E-state index in [2.05, 4.69) is 25.1 Å². The summed E-state index contributed by atoms with van der Waals surface area (Å²) in [6.07, 6.45) is 4.42. The highest BCUT2D eigenvalue weighted by Crippen LogP contribution is 2.29. The number of ketones is 1. The van der Waals surface area contributed by atoms with Gasteiger partial charge in [-0.05, 0) is 56.4 Å². The number of carboxylic acids is 1. The lowest BCUT2D eigenvalue weighted by molar-refractivity contribution is -0.134. The van der Waals surface area contributed by atoms with Crippen molar-refractivity contribution in [2.45, 2.75) is 46.5 Å². The van der Waals surface area contributed by atoms with Crippen LogP contribution in [0.1, 0.15) is 52.3 Å². The number of aromatic nitrogens is 1. The summed E-state index contributed by atoms with van der Waals surface area (Å²) >= 11 is 1.69. The number of ether oxygens (including phenoxy) is 1. The average Bonchev–Trinajstić information content (AvgIpc) is 3.34. The van der Waals surface area contributed by atoms with Gasteiger partial charge in [0.1, 0.15) is 10.8 Å². The number of aryl methyl sites for hydroxylation is 3. The molecule has 0 bridgehead atoms. The largest absolute Gasteiger partial charge is 0.493 e. The molecule has 4 rings (SSSR count). The van der Waals surface area contributed by atoms with Crippen molar-refractivity contribution in [3.8, 4) is 16.3 Å². The molecule has 3 aromatic rings. The zero-order valence-electron chi connectivity index (χ0n) is 18.1. The highest BCUT2D eigenvalue weighted by molar-refractivity contribution is 7.15. The van der Waals surface area contributed by atoms with Crippen molar-refractivity contribution in [2.75, 3.05) is 6.61 Å². The Bertz CT molecular complexity index is 1070. The molecule has 0 saturated heterocycles. The van der Waals surface area contributed by atoms with Gasteiger partial charge in [0, 0.05) is 29.3 Å². The number of aliphatic carboxylic acids is 1. The first-order chi connectivity index (χ1) is 14.8. The Hall–Kier alpha value is -2.99. The minimum Gasteiger partial charge on any atom is -0.493 e. The topological polar surface area (TPSA) is 76.5 Å². The monoisotopic (exact) mass is 437 g/mol. The third-order valence-electron chi connectivity index (χ3n) is 5.11. The van der Waals surface area contributed by atoms with E-state index in [1.54, 1.807) is 18.3 Å². The van der Waals surface area contributed by atoms with Crippen LogP contribution in [0.15, 0.2) is 42.5 Å². The van der Waals surface area contributed by atoms with Gasteiger partial charge in [-0.25, -0.2) is 4.98 Å². The fourth-order valence-corrected chi connectivity index (χ4v) is 4.50. The molecule has 5 nitrogen and oxygen atoms in total. The maximum atomic E-state index is 11.4. The van der Waals surface area contributed by atoms with Crippen molar-refractivity contribution < 1.29 is 19.4 Å². The van der Waals surface area contributed by atoms with E-state index < -0.39 is 5.97 Å². The molecule has 1 N–H and O–H groups in total. The molecule has 1 aromatic heterocycles. The van der Waals surface area contributed by atoms with Crippen LogP contribution >= 0.6 is 11.3 Å². The molecule has 2 aromatic carbocycles. The molecule has 0 atom stereocenters. The van der Waals surface area contributed by atoms with Gasteiger partial charge in [0.2, 0.25) is 0 Å². The Labute approximate surface area is 186 Å². The summed E-state index contributed by atoms with van der Waals surface area (Å²) in [6, 6.07) is 14.2. The first-order valence-electron chi connectivity index (χ1n) is 10.4. The van der Waals surface area contributed by atoms with Crippen molar-refractivity contribution in [1.82, 2.24) is 4.98 Å². The minimum atomic E-state index is -0.833. The summed E-state index contributed by atoms with van der Waals surface area (Å²) in [5.74, 6) is 0.213. The first kappa shape index (κ1) is 22.7. The molecule has 0 saturated carbocycles. The predicted molar refractivity (Wildman–Crippen MR) is 123 cm³/mol. The van der Waals surface area contributed by atoms with Crippen LogP contribution in [0, 0.1) is 6.92 Å². The zero-order valence-corrected chi connectivity index (χ0v) is 18.9. The second-order valence-electron chi connectivity index (χ2n) is 7.56. The highest BCUT2D eigenvalue weighted by Gasteiger charge is 2.13. The van der Waals surface area contributed by atoms with Crippen molar-refractivity contribution >= 4 is 23.1 Å². The van der Waals surface area contributed by atoms with Crippen molar-refractivity contribution in [1.29, 1.82) is 0 Å². The maximum absolute atomic E-state index is 11.4. The van der Waals surface area contributed by atoms with Crippen LogP contribution in [0.25, 0.3) is 10.6 Å². The van der Waals surface area contributed by atoms with E-state index in [0.29, 0.717) is 6.61 Å². The standard InChI is InChI=1S/C23H23NO2S.C2H4O2/c1-15(25)17-6-8-19(9-7-17)23-24-22(16(2)27-23)12-13-26-21-11-10-18-4-3-5-20(18)14-21;1-2(3)4/h6-11,14H,3-5,12-13H2,1-2H3;1H3,(H,3,4). The molecule has 0 spiro atoms. The molecule has 0 fully saturated rings. The van der Waals surface area contributed by atoms with Crippen LogP contribution in [-0.4, -0.2) is 28.4 Å². The number of nitrogens with zero attached hydrogens (tertiary/aromatic N) is 1. The Morgan fingerprint density at radius 2 is 1.74 bits per heavy atom. The van der Waals surface area contributed by atoms with Crippen LogP contribution in [0.2, 0.25) is 0 Å². The van der Waals surface area contributed by atoms with Gasteiger partial charge in [-0.2, -0.15) is 0 Å². The second kappa shape index (κ2) is 10.4. The van der Waals surface area contributed by atoms with Gasteiger partial charge in [-0.3, -0.25) is 9.59 Å². The first-order valence-corrected chi connectivity index (χ1v) is 11.2. The van der Waals surface area contributed by atoms with E-state index in [1.807, 2.05) is 24.3 Å². The quantitative estimate of drug-likeness (QED) is 0.514. The van der Waals surface area contributed by atoms with Gasteiger partial charge in [-0.15, -0.1) is 11.3 Å². The Balaban J connectivity index is 0.000000628. The lowest BCUT2D eigenvalue weighted by Gasteiger charge is -2.07. The summed E-state index contributed by atoms with van der Waals surface area (Å²) in [7, 11) is 0. The number of hydrogen-bond donors (Lipinski definition) is 1. The van der Waals surface area contributed by atoms with E-state index in [0.717, 1.165) is 40.9 Å². The number of carbonyl (C=O) groups is 2. The maximum Gasteiger partial charge on any atom is 0.300 e. The number of benzene rings is 2. The lowest BCUT2D eigenvalue weighted by atomic mass is 10.1. The summed E-state index contributed by atoms with van der Waals surface area (Å²) < 4.78 is 5.97. The van der Waals surface area contributed by atoms with Crippen molar-refractivity contribution in [3.63, 3.8) is 0 Å². The van der Waals surface area contributed by atoms with Crippen LogP contribution in [0.5, 0.6) is 5.75 Å². The van der Waals surface area contributed by atoms with Crippen LogP contribution < -0.4 is 4.74 Å². The molecule has 6 heteroatoms. The van der Waals surface area contributed by atoms with Gasteiger partial charge in [0.25, 0.3) is 5.97 Å². The van der Waals surface area contributed by atoms with Crippen molar-refractivity contribution in [3.05, 3.63) is 69.7 Å².